The number of oxime groups is 1. The van der Waals surface area contributed by atoms with Crippen LogP contribution in [0.15, 0.2) is 29.4 Å². The standard InChI is InChI=1S/C16H23N3O3/c1-5-11(2)17-16(21)10-22-19-12(3)14-6-8-15(9-7-14)18-13(4)20/h6-9,11H,5,10H2,1-4H3,(H,17,21)(H,18,20)/b19-12+. The zero-order valence-electron chi connectivity index (χ0n) is 13.5. The fourth-order valence-corrected chi connectivity index (χ4v) is 1.66. The van der Waals surface area contributed by atoms with E-state index in [0.717, 1.165) is 17.7 Å². The second-order valence-electron chi connectivity index (χ2n) is 5.09. The molecule has 0 aliphatic carbocycles. The van der Waals surface area contributed by atoms with Gasteiger partial charge in [0.1, 0.15) is 0 Å². The summed E-state index contributed by atoms with van der Waals surface area (Å²) in [5.41, 5.74) is 2.24. The number of benzene rings is 1. The SMILES string of the molecule is CCC(C)NC(=O)CO/N=C(\C)c1ccc(NC(C)=O)cc1. The molecule has 0 aliphatic rings. The van der Waals surface area contributed by atoms with Gasteiger partial charge >= 0.3 is 0 Å². The Balaban J connectivity index is 2.51. The molecule has 0 spiro atoms. The molecule has 120 valence electrons. The number of hydrogen-bond acceptors (Lipinski definition) is 4. The third-order valence-corrected chi connectivity index (χ3v) is 3.04. The monoisotopic (exact) mass is 305 g/mol. The van der Waals surface area contributed by atoms with Crippen LogP contribution >= 0.6 is 0 Å². The maximum Gasteiger partial charge on any atom is 0.260 e. The van der Waals surface area contributed by atoms with Crippen LogP contribution in [0.3, 0.4) is 0 Å². The van der Waals surface area contributed by atoms with E-state index < -0.39 is 0 Å². The third kappa shape index (κ3) is 6.39. The van der Waals surface area contributed by atoms with Gasteiger partial charge in [-0.3, -0.25) is 9.59 Å². The third-order valence-electron chi connectivity index (χ3n) is 3.04. The molecular weight excluding hydrogens is 282 g/mol. The Hall–Kier alpha value is -2.37. The number of carbonyl (C=O) groups is 2. The van der Waals surface area contributed by atoms with E-state index in [9.17, 15) is 9.59 Å². The molecule has 6 heteroatoms. The lowest BCUT2D eigenvalue weighted by Gasteiger charge is -2.10. The van der Waals surface area contributed by atoms with Gasteiger partial charge in [0, 0.05) is 18.7 Å². The second-order valence-corrected chi connectivity index (χ2v) is 5.09. The number of amides is 2. The highest BCUT2D eigenvalue weighted by atomic mass is 16.6. The highest BCUT2D eigenvalue weighted by Gasteiger charge is 2.06. The van der Waals surface area contributed by atoms with Crippen molar-refractivity contribution in [2.75, 3.05) is 11.9 Å². The predicted molar refractivity (Wildman–Crippen MR) is 86.8 cm³/mol. The maximum atomic E-state index is 11.5. The lowest BCUT2D eigenvalue weighted by Crippen LogP contribution is -2.34. The Morgan fingerprint density at radius 1 is 1.23 bits per heavy atom. The summed E-state index contributed by atoms with van der Waals surface area (Å²) in [6, 6.07) is 7.35. The van der Waals surface area contributed by atoms with Crippen LogP contribution in [0, 0.1) is 0 Å². The van der Waals surface area contributed by atoms with E-state index in [4.69, 9.17) is 4.84 Å². The van der Waals surface area contributed by atoms with Crippen molar-refractivity contribution in [3.8, 4) is 0 Å². The molecule has 1 aromatic rings. The summed E-state index contributed by atoms with van der Waals surface area (Å²) >= 11 is 0. The average Bonchev–Trinajstić information content (AvgIpc) is 2.47. The lowest BCUT2D eigenvalue weighted by molar-refractivity contribution is -0.126. The van der Waals surface area contributed by atoms with Crippen molar-refractivity contribution in [2.24, 2.45) is 5.16 Å². The molecule has 22 heavy (non-hydrogen) atoms. The summed E-state index contributed by atoms with van der Waals surface area (Å²) in [7, 11) is 0. The molecule has 2 N–H and O–H groups in total. The number of nitrogens with zero attached hydrogens (tertiary/aromatic N) is 1. The molecule has 0 bridgehead atoms. The molecule has 1 atom stereocenters. The van der Waals surface area contributed by atoms with Gasteiger partial charge < -0.3 is 15.5 Å². The van der Waals surface area contributed by atoms with E-state index >= 15 is 0 Å². The Labute approximate surface area is 130 Å². The van der Waals surface area contributed by atoms with Crippen LogP contribution in [0.1, 0.15) is 39.7 Å². The lowest BCUT2D eigenvalue weighted by atomic mass is 10.1. The van der Waals surface area contributed by atoms with Crippen LogP contribution in [0.5, 0.6) is 0 Å². The molecule has 1 rings (SSSR count). The first-order valence-electron chi connectivity index (χ1n) is 7.26. The average molecular weight is 305 g/mol. The van der Waals surface area contributed by atoms with Crippen LogP contribution in [0.2, 0.25) is 0 Å². The minimum Gasteiger partial charge on any atom is -0.385 e. The van der Waals surface area contributed by atoms with Crippen LogP contribution in [-0.2, 0) is 14.4 Å². The molecule has 1 aromatic carbocycles. The molecule has 0 radical (unpaired) electrons. The van der Waals surface area contributed by atoms with E-state index in [1.165, 1.54) is 6.92 Å². The summed E-state index contributed by atoms with van der Waals surface area (Å²) < 4.78 is 0. The van der Waals surface area contributed by atoms with Gasteiger partial charge in [0.2, 0.25) is 5.91 Å². The zero-order chi connectivity index (χ0) is 16.5. The highest BCUT2D eigenvalue weighted by Crippen LogP contribution is 2.10. The van der Waals surface area contributed by atoms with Crippen molar-refractivity contribution >= 4 is 23.2 Å². The molecule has 0 aliphatic heterocycles. The first kappa shape index (κ1) is 17.7. The largest absolute Gasteiger partial charge is 0.385 e. The molecule has 6 nitrogen and oxygen atoms in total. The summed E-state index contributed by atoms with van der Waals surface area (Å²) in [5.74, 6) is -0.305. The van der Waals surface area contributed by atoms with Gasteiger partial charge in [0.05, 0.1) is 5.71 Å². The van der Waals surface area contributed by atoms with Gasteiger partial charge in [-0.25, -0.2) is 0 Å². The van der Waals surface area contributed by atoms with E-state index in [1.54, 1.807) is 19.1 Å². The Morgan fingerprint density at radius 3 is 2.41 bits per heavy atom. The summed E-state index contributed by atoms with van der Waals surface area (Å²) in [6.45, 7) is 7.08. The Bertz CT molecular complexity index is 538. The van der Waals surface area contributed by atoms with Gasteiger partial charge in [0.25, 0.3) is 5.91 Å². The van der Waals surface area contributed by atoms with E-state index in [1.807, 2.05) is 26.0 Å². The fraction of sp³-hybridized carbons (Fsp3) is 0.438. The van der Waals surface area contributed by atoms with Crippen molar-refractivity contribution in [3.63, 3.8) is 0 Å². The first-order chi connectivity index (χ1) is 10.4. The minimum atomic E-state index is -0.188. The van der Waals surface area contributed by atoms with Crippen molar-refractivity contribution in [1.82, 2.24) is 5.32 Å². The summed E-state index contributed by atoms with van der Waals surface area (Å²) in [6.07, 6.45) is 0.870. The van der Waals surface area contributed by atoms with E-state index in [-0.39, 0.29) is 24.5 Å². The van der Waals surface area contributed by atoms with Crippen LogP contribution in [-0.4, -0.2) is 30.2 Å². The molecule has 0 aromatic heterocycles. The molecular formula is C16H23N3O3. The zero-order valence-corrected chi connectivity index (χ0v) is 13.5. The molecule has 2 amide bonds. The second kappa shape index (κ2) is 8.81. The first-order valence-corrected chi connectivity index (χ1v) is 7.26. The van der Waals surface area contributed by atoms with Gasteiger partial charge in [0.15, 0.2) is 6.61 Å². The van der Waals surface area contributed by atoms with Crippen molar-refractivity contribution in [2.45, 2.75) is 40.2 Å². The van der Waals surface area contributed by atoms with Crippen molar-refractivity contribution < 1.29 is 14.4 Å². The number of hydrogen-bond donors (Lipinski definition) is 2. The number of anilines is 1. The maximum absolute atomic E-state index is 11.5. The van der Waals surface area contributed by atoms with Crippen molar-refractivity contribution in [3.05, 3.63) is 29.8 Å². The number of carbonyl (C=O) groups excluding carboxylic acids is 2. The minimum absolute atomic E-state index is 0.106. The van der Waals surface area contributed by atoms with Crippen molar-refractivity contribution in [1.29, 1.82) is 0 Å². The summed E-state index contributed by atoms with van der Waals surface area (Å²) in [4.78, 5) is 27.5. The van der Waals surface area contributed by atoms with E-state index in [0.29, 0.717) is 5.71 Å². The Kier molecular flexibility index (Phi) is 7.08. The fourth-order valence-electron chi connectivity index (χ4n) is 1.66. The summed E-state index contributed by atoms with van der Waals surface area (Å²) in [5, 5.41) is 9.41. The molecule has 0 saturated heterocycles. The Morgan fingerprint density at radius 2 is 1.86 bits per heavy atom. The molecule has 0 fully saturated rings. The van der Waals surface area contributed by atoms with Gasteiger partial charge in [-0.2, -0.15) is 0 Å². The smallest absolute Gasteiger partial charge is 0.260 e. The highest BCUT2D eigenvalue weighted by molar-refractivity contribution is 5.99. The quantitative estimate of drug-likeness (QED) is 0.599. The van der Waals surface area contributed by atoms with Crippen LogP contribution in [0.25, 0.3) is 0 Å². The van der Waals surface area contributed by atoms with Gasteiger partial charge in [-0.05, 0) is 38.0 Å². The molecule has 0 heterocycles. The van der Waals surface area contributed by atoms with Gasteiger partial charge in [-0.15, -0.1) is 0 Å². The number of nitrogens with one attached hydrogen (secondary N) is 2. The normalized spacial score (nSPS) is 12.5. The van der Waals surface area contributed by atoms with Gasteiger partial charge in [-0.1, -0.05) is 24.2 Å². The van der Waals surface area contributed by atoms with E-state index in [2.05, 4.69) is 15.8 Å². The molecule has 0 saturated carbocycles. The van der Waals surface area contributed by atoms with Crippen LogP contribution < -0.4 is 10.6 Å². The predicted octanol–water partition coefficient (Wildman–Crippen LogP) is 2.30. The number of rotatable bonds is 7. The topological polar surface area (TPSA) is 79.8 Å². The molecule has 1 unspecified atom stereocenters. The van der Waals surface area contributed by atoms with Crippen LogP contribution in [0.4, 0.5) is 5.69 Å².